The number of esters is 1. The minimum Gasteiger partial charge on any atom is -0.497 e. The SMILES string of the molecule is COc1ccc(-n2c(C)cc(C(=O)COC(=O)c3cc(C)oc3C)c2C)cc1. The molecule has 6 nitrogen and oxygen atoms in total. The Morgan fingerprint density at radius 2 is 1.68 bits per heavy atom. The Balaban J connectivity index is 1.77. The molecule has 3 rings (SSSR count). The summed E-state index contributed by atoms with van der Waals surface area (Å²) >= 11 is 0. The van der Waals surface area contributed by atoms with Crippen LogP contribution in [-0.4, -0.2) is 30.0 Å². The van der Waals surface area contributed by atoms with Crippen LogP contribution < -0.4 is 4.74 Å². The van der Waals surface area contributed by atoms with E-state index in [-0.39, 0.29) is 12.4 Å². The highest BCUT2D eigenvalue weighted by Crippen LogP contribution is 2.23. The second-order valence-electron chi connectivity index (χ2n) is 6.64. The third-order valence-corrected chi connectivity index (χ3v) is 4.66. The minimum absolute atomic E-state index is 0.251. The Hall–Kier alpha value is -3.28. The van der Waals surface area contributed by atoms with Crippen molar-refractivity contribution in [2.75, 3.05) is 13.7 Å². The van der Waals surface area contributed by atoms with Gasteiger partial charge in [0.2, 0.25) is 5.78 Å². The number of nitrogens with zero attached hydrogens (tertiary/aromatic N) is 1. The van der Waals surface area contributed by atoms with Gasteiger partial charge in [0.25, 0.3) is 0 Å². The Morgan fingerprint density at radius 3 is 2.25 bits per heavy atom. The number of ketones is 1. The zero-order chi connectivity index (χ0) is 20.4. The van der Waals surface area contributed by atoms with Crippen molar-refractivity contribution >= 4 is 11.8 Å². The average Bonchev–Trinajstić information content (AvgIpc) is 3.17. The highest BCUT2D eigenvalue weighted by Gasteiger charge is 2.20. The zero-order valence-corrected chi connectivity index (χ0v) is 16.7. The fraction of sp³-hybridized carbons (Fsp3) is 0.273. The molecule has 6 heteroatoms. The van der Waals surface area contributed by atoms with Gasteiger partial charge in [-0.25, -0.2) is 4.79 Å². The van der Waals surface area contributed by atoms with Gasteiger partial charge in [0.05, 0.1) is 7.11 Å². The lowest BCUT2D eigenvalue weighted by Crippen LogP contribution is -2.15. The van der Waals surface area contributed by atoms with Crippen LogP contribution >= 0.6 is 0 Å². The number of aromatic nitrogens is 1. The van der Waals surface area contributed by atoms with Crippen LogP contribution in [0.15, 0.2) is 40.8 Å². The maximum Gasteiger partial charge on any atom is 0.342 e. The van der Waals surface area contributed by atoms with Crippen molar-refractivity contribution in [2.45, 2.75) is 27.7 Å². The number of hydrogen-bond acceptors (Lipinski definition) is 5. The lowest BCUT2D eigenvalue weighted by atomic mass is 10.1. The maximum absolute atomic E-state index is 12.7. The number of carbonyl (C=O) groups excluding carboxylic acids is 2. The Morgan fingerprint density at radius 1 is 1.00 bits per heavy atom. The topological polar surface area (TPSA) is 70.7 Å². The molecule has 3 aromatic rings. The smallest absolute Gasteiger partial charge is 0.342 e. The molecule has 0 N–H and O–H groups in total. The number of aryl methyl sites for hydroxylation is 3. The summed E-state index contributed by atoms with van der Waals surface area (Å²) in [6.45, 7) is 6.92. The summed E-state index contributed by atoms with van der Waals surface area (Å²) in [5.41, 5.74) is 3.50. The minimum atomic E-state index is -0.563. The summed E-state index contributed by atoms with van der Waals surface area (Å²) in [5, 5.41) is 0. The number of benzene rings is 1. The highest BCUT2D eigenvalue weighted by molar-refractivity contribution is 6.00. The standard InChI is InChI=1S/C22H23NO5/c1-13-10-19(15(3)23(13)17-6-8-18(26-5)9-7-17)21(24)12-27-22(25)20-11-14(2)28-16(20)4/h6-11H,12H2,1-5H3. The van der Waals surface area contributed by atoms with Crippen molar-refractivity contribution in [3.63, 3.8) is 0 Å². The van der Waals surface area contributed by atoms with Crippen molar-refractivity contribution in [3.8, 4) is 11.4 Å². The molecule has 0 atom stereocenters. The lowest BCUT2D eigenvalue weighted by Gasteiger charge is -2.10. The largest absolute Gasteiger partial charge is 0.497 e. The number of hydrogen-bond donors (Lipinski definition) is 0. The summed E-state index contributed by atoms with van der Waals surface area (Å²) in [4.78, 5) is 24.9. The first kappa shape index (κ1) is 19.5. The van der Waals surface area contributed by atoms with E-state index in [9.17, 15) is 9.59 Å². The molecule has 0 fully saturated rings. The summed E-state index contributed by atoms with van der Waals surface area (Å²) < 4.78 is 17.7. The average molecular weight is 381 g/mol. The number of carbonyl (C=O) groups is 2. The van der Waals surface area contributed by atoms with Gasteiger partial charge in [-0.1, -0.05) is 0 Å². The molecule has 0 spiro atoms. The second kappa shape index (κ2) is 7.76. The molecule has 0 aliphatic rings. The van der Waals surface area contributed by atoms with Crippen LogP contribution in [0.25, 0.3) is 5.69 Å². The van der Waals surface area contributed by atoms with Crippen molar-refractivity contribution in [1.29, 1.82) is 0 Å². The molecule has 0 unspecified atom stereocenters. The van der Waals surface area contributed by atoms with Gasteiger partial charge >= 0.3 is 5.97 Å². The first-order valence-electron chi connectivity index (χ1n) is 8.92. The van der Waals surface area contributed by atoms with Crippen LogP contribution in [0.4, 0.5) is 0 Å². The molecule has 0 aliphatic heterocycles. The summed E-state index contributed by atoms with van der Waals surface area (Å²) in [7, 11) is 1.62. The van der Waals surface area contributed by atoms with Crippen molar-refractivity contribution in [2.24, 2.45) is 0 Å². The Kier molecular flexibility index (Phi) is 5.40. The lowest BCUT2D eigenvalue weighted by molar-refractivity contribution is 0.0472. The van der Waals surface area contributed by atoms with Crippen molar-refractivity contribution < 1.29 is 23.5 Å². The van der Waals surface area contributed by atoms with Crippen LogP contribution in [0, 0.1) is 27.7 Å². The van der Waals surface area contributed by atoms with E-state index in [1.807, 2.05) is 48.7 Å². The number of rotatable bonds is 6. The summed E-state index contributed by atoms with van der Waals surface area (Å²) in [5.74, 6) is 1.05. The number of Topliss-reactive ketones (excluding diaryl/α,β-unsaturated/α-hetero) is 1. The third-order valence-electron chi connectivity index (χ3n) is 4.66. The predicted octanol–water partition coefficient (Wildman–Crippen LogP) is 4.35. The molecule has 0 bridgehead atoms. The summed E-state index contributed by atoms with van der Waals surface area (Å²) in [6, 6.07) is 11.0. The summed E-state index contributed by atoms with van der Waals surface area (Å²) in [6.07, 6.45) is 0. The van der Waals surface area contributed by atoms with E-state index in [2.05, 4.69) is 0 Å². The quantitative estimate of drug-likeness (QED) is 0.469. The zero-order valence-electron chi connectivity index (χ0n) is 16.7. The molecule has 0 saturated carbocycles. The molecule has 1 aromatic carbocycles. The Bertz CT molecular complexity index is 1020. The van der Waals surface area contributed by atoms with Crippen molar-refractivity contribution in [1.82, 2.24) is 4.57 Å². The van der Waals surface area contributed by atoms with Crippen LogP contribution in [0.2, 0.25) is 0 Å². The van der Waals surface area contributed by atoms with Gasteiger partial charge in [0, 0.05) is 22.6 Å². The third kappa shape index (κ3) is 3.71. The van der Waals surface area contributed by atoms with E-state index in [0.717, 1.165) is 22.8 Å². The molecule has 0 amide bonds. The highest BCUT2D eigenvalue weighted by atomic mass is 16.5. The van der Waals surface area contributed by atoms with E-state index >= 15 is 0 Å². The molecular formula is C22H23NO5. The predicted molar refractivity (Wildman–Crippen MR) is 105 cm³/mol. The fourth-order valence-electron chi connectivity index (χ4n) is 3.29. The van der Waals surface area contributed by atoms with Crippen LogP contribution in [0.5, 0.6) is 5.75 Å². The molecule has 2 aromatic heterocycles. The molecule has 0 aliphatic carbocycles. The fourth-order valence-corrected chi connectivity index (χ4v) is 3.29. The number of methoxy groups -OCH3 is 1. The van der Waals surface area contributed by atoms with Gasteiger partial charge in [-0.2, -0.15) is 0 Å². The van der Waals surface area contributed by atoms with Crippen LogP contribution in [0.3, 0.4) is 0 Å². The van der Waals surface area contributed by atoms with E-state index in [4.69, 9.17) is 13.9 Å². The molecule has 2 heterocycles. The maximum atomic E-state index is 12.7. The van der Waals surface area contributed by atoms with Gasteiger partial charge < -0.3 is 18.5 Å². The van der Waals surface area contributed by atoms with Crippen LogP contribution in [0.1, 0.15) is 43.6 Å². The molecular weight excluding hydrogens is 358 g/mol. The first-order chi connectivity index (χ1) is 13.3. The molecule has 0 radical (unpaired) electrons. The molecule has 146 valence electrons. The molecule has 0 saturated heterocycles. The van der Waals surface area contributed by atoms with Crippen molar-refractivity contribution in [3.05, 3.63) is 70.4 Å². The van der Waals surface area contributed by atoms with Gasteiger partial charge in [0.15, 0.2) is 6.61 Å². The number of ether oxygens (including phenoxy) is 2. The monoisotopic (exact) mass is 381 g/mol. The van der Waals surface area contributed by atoms with E-state index in [1.165, 1.54) is 0 Å². The van der Waals surface area contributed by atoms with Gasteiger partial charge in [-0.3, -0.25) is 4.79 Å². The van der Waals surface area contributed by atoms with E-state index < -0.39 is 5.97 Å². The van der Waals surface area contributed by atoms with Crippen LogP contribution in [-0.2, 0) is 4.74 Å². The van der Waals surface area contributed by atoms with E-state index in [1.54, 1.807) is 27.0 Å². The van der Waals surface area contributed by atoms with Gasteiger partial charge in [-0.15, -0.1) is 0 Å². The first-order valence-corrected chi connectivity index (χ1v) is 8.92. The van der Waals surface area contributed by atoms with Gasteiger partial charge in [-0.05, 0) is 64.1 Å². The number of furan rings is 1. The van der Waals surface area contributed by atoms with E-state index in [0.29, 0.717) is 22.6 Å². The van der Waals surface area contributed by atoms with Gasteiger partial charge in [0.1, 0.15) is 22.8 Å². The Labute approximate surface area is 163 Å². The normalized spacial score (nSPS) is 10.8. The molecule has 28 heavy (non-hydrogen) atoms. The second-order valence-corrected chi connectivity index (χ2v) is 6.64.